The molecule has 5 heteroatoms. The summed E-state index contributed by atoms with van der Waals surface area (Å²) in [4.78, 5) is 8.85. The van der Waals surface area contributed by atoms with Crippen LogP contribution in [0.2, 0.25) is 0 Å². The number of methoxy groups -OCH3 is 1. The molecule has 0 saturated carbocycles. The summed E-state index contributed by atoms with van der Waals surface area (Å²) in [5.74, 6) is 2.90. The van der Waals surface area contributed by atoms with Gasteiger partial charge in [0.25, 0.3) is 0 Å². The van der Waals surface area contributed by atoms with Gasteiger partial charge in [0.15, 0.2) is 0 Å². The van der Waals surface area contributed by atoms with Crippen LogP contribution in [0.15, 0.2) is 30.3 Å². The highest BCUT2D eigenvalue weighted by Gasteiger charge is 2.03. The minimum Gasteiger partial charge on any atom is -0.385 e. The molecule has 1 aromatic carbocycles. The maximum atomic E-state index is 5.05. The minimum absolute atomic E-state index is 0.535. The second-order valence-electron chi connectivity index (χ2n) is 5.86. The van der Waals surface area contributed by atoms with Crippen molar-refractivity contribution >= 4 is 17.3 Å². The normalized spacial score (nSPS) is 10.8. The van der Waals surface area contributed by atoms with Crippen LogP contribution in [0.1, 0.15) is 37.6 Å². The minimum atomic E-state index is 0.535. The zero-order valence-electron chi connectivity index (χ0n) is 14.4. The van der Waals surface area contributed by atoms with Gasteiger partial charge in [-0.05, 0) is 37.0 Å². The van der Waals surface area contributed by atoms with Crippen LogP contribution in [0.4, 0.5) is 17.3 Å². The first-order valence-corrected chi connectivity index (χ1v) is 8.04. The largest absolute Gasteiger partial charge is 0.385 e. The number of hydrogen-bond donors (Lipinski definition) is 2. The second-order valence-corrected chi connectivity index (χ2v) is 5.86. The smallest absolute Gasteiger partial charge is 0.136 e. The SMILES string of the molecule is COCCCNc1cc(Nc2ccc(C(C)C)cc2)nc(C)n1. The predicted octanol–water partition coefficient (Wildman–Crippen LogP) is 4.10. The van der Waals surface area contributed by atoms with Crippen LogP contribution >= 0.6 is 0 Å². The van der Waals surface area contributed by atoms with Crippen molar-refractivity contribution in [2.75, 3.05) is 30.9 Å². The number of ether oxygens (including phenoxy) is 1. The Balaban J connectivity index is 2.02. The zero-order chi connectivity index (χ0) is 16.7. The maximum Gasteiger partial charge on any atom is 0.136 e. The Labute approximate surface area is 138 Å². The van der Waals surface area contributed by atoms with E-state index in [0.29, 0.717) is 5.92 Å². The van der Waals surface area contributed by atoms with Crippen molar-refractivity contribution in [1.29, 1.82) is 0 Å². The van der Waals surface area contributed by atoms with Crippen LogP contribution in [0.5, 0.6) is 0 Å². The van der Waals surface area contributed by atoms with Gasteiger partial charge in [-0.1, -0.05) is 26.0 Å². The van der Waals surface area contributed by atoms with Gasteiger partial charge in [0.2, 0.25) is 0 Å². The zero-order valence-corrected chi connectivity index (χ0v) is 14.4. The summed E-state index contributed by atoms with van der Waals surface area (Å²) in [6, 6.07) is 10.4. The van der Waals surface area contributed by atoms with E-state index in [1.165, 1.54) is 5.56 Å². The molecule has 124 valence electrons. The van der Waals surface area contributed by atoms with Gasteiger partial charge in [-0.25, -0.2) is 9.97 Å². The molecule has 1 aromatic heterocycles. The number of nitrogens with zero attached hydrogens (tertiary/aromatic N) is 2. The molecule has 0 radical (unpaired) electrons. The van der Waals surface area contributed by atoms with Gasteiger partial charge in [-0.2, -0.15) is 0 Å². The van der Waals surface area contributed by atoms with E-state index in [-0.39, 0.29) is 0 Å². The number of anilines is 3. The van der Waals surface area contributed by atoms with E-state index >= 15 is 0 Å². The van der Waals surface area contributed by atoms with Gasteiger partial charge < -0.3 is 15.4 Å². The average molecular weight is 314 g/mol. The van der Waals surface area contributed by atoms with E-state index in [1.807, 2.05) is 13.0 Å². The first kappa shape index (κ1) is 17.2. The Kier molecular flexibility index (Phi) is 6.35. The summed E-state index contributed by atoms with van der Waals surface area (Å²) in [6.45, 7) is 7.85. The number of benzene rings is 1. The van der Waals surface area contributed by atoms with Crippen LogP contribution in [0, 0.1) is 6.92 Å². The second kappa shape index (κ2) is 8.48. The summed E-state index contributed by atoms with van der Waals surface area (Å²) >= 11 is 0. The van der Waals surface area contributed by atoms with Gasteiger partial charge in [-0.15, -0.1) is 0 Å². The highest BCUT2D eigenvalue weighted by atomic mass is 16.5. The van der Waals surface area contributed by atoms with Crippen molar-refractivity contribution in [3.05, 3.63) is 41.7 Å². The molecule has 2 aromatic rings. The van der Waals surface area contributed by atoms with Crippen molar-refractivity contribution in [2.24, 2.45) is 0 Å². The van der Waals surface area contributed by atoms with E-state index in [1.54, 1.807) is 7.11 Å². The molecular weight excluding hydrogens is 288 g/mol. The predicted molar refractivity (Wildman–Crippen MR) is 95.6 cm³/mol. The van der Waals surface area contributed by atoms with Crippen LogP contribution in [0.25, 0.3) is 0 Å². The standard InChI is InChI=1S/C18H26N4O/c1-13(2)15-6-8-16(9-7-15)22-18-12-17(20-14(3)21-18)19-10-5-11-23-4/h6-9,12-13H,5,10-11H2,1-4H3,(H2,19,20,21,22). The van der Waals surface area contributed by atoms with Crippen LogP contribution < -0.4 is 10.6 Å². The third-order valence-electron chi connectivity index (χ3n) is 3.52. The summed E-state index contributed by atoms with van der Waals surface area (Å²) in [6.07, 6.45) is 0.943. The first-order chi connectivity index (χ1) is 11.1. The molecular formula is C18H26N4O. The van der Waals surface area contributed by atoms with Crippen molar-refractivity contribution in [3.63, 3.8) is 0 Å². The first-order valence-electron chi connectivity index (χ1n) is 8.04. The van der Waals surface area contributed by atoms with Gasteiger partial charge in [0.1, 0.15) is 17.5 Å². The molecule has 1 heterocycles. The summed E-state index contributed by atoms with van der Waals surface area (Å²) in [5, 5.41) is 6.64. The average Bonchev–Trinajstić information content (AvgIpc) is 2.51. The molecule has 0 aliphatic rings. The maximum absolute atomic E-state index is 5.05. The lowest BCUT2D eigenvalue weighted by atomic mass is 10.0. The number of aromatic nitrogens is 2. The van der Waals surface area contributed by atoms with E-state index in [4.69, 9.17) is 4.74 Å². The molecule has 0 amide bonds. The van der Waals surface area contributed by atoms with Crippen molar-refractivity contribution in [1.82, 2.24) is 9.97 Å². The molecule has 0 bridgehead atoms. The lowest BCUT2D eigenvalue weighted by Gasteiger charge is -2.11. The number of hydrogen-bond acceptors (Lipinski definition) is 5. The third kappa shape index (κ3) is 5.53. The van der Waals surface area contributed by atoms with Gasteiger partial charge in [0.05, 0.1) is 0 Å². The lowest BCUT2D eigenvalue weighted by Crippen LogP contribution is -2.08. The highest BCUT2D eigenvalue weighted by molar-refractivity contribution is 5.59. The van der Waals surface area contributed by atoms with Gasteiger partial charge in [-0.3, -0.25) is 0 Å². The fourth-order valence-electron chi connectivity index (χ4n) is 2.25. The fourth-order valence-corrected chi connectivity index (χ4v) is 2.25. The van der Waals surface area contributed by atoms with Gasteiger partial charge >= 0.3 is 0 Å². The molecule has 0 saturated heterocycles. The van der Waals surface area contributed by atoms with Crippen LogP contribution in [0.3, 0.4) is 0 Å². The molecule has 23 heavy (non-hydrogen) atoms. The Morgan fingerprint density at radius 2 is 1.78 bits per heavy atom. The van der Waals surface area contributed by atoms with Crippen molar-refractivity contribution in [2.45, 2.75) is 33.1 Å². The van der Waals surface area contributed by atoms with Crippen molar-refractivity contribution in [3.8, 4) is 0 Å². The fraction of sp³-hybridized carbons (Fsp3) is 0.444. The monoisotopic (exact) mass is 314 g/mol. The van der Waals surface area contributed by atoms with E-state index < -0.39 is 0 Å². The molecule has 5 nitrogen and oxygen atoms in total. The molecule has 2 rings (SSSR count). The van der Waals surface area contributed by atoms with E-state index in [9.17, 15) is 0 Å². The third-order valence-corrected chi connectivity index (χ3v) is 3.52. The van der Waals surface area contributed by atoms with Crippen LogP contribution in [-0.4, -0.2) is 30.2 Å². The summed E-state index contributed by atoms with van der Waals surface area (Å²) < 4.78 is 5.05. The molecule has 2 N–H and O–H groups in total. The number of rotatable bonds is 8. The van der Waals surface area contributed by atoms with Gasteiger partial charge in [0, 0.05) is 32.0 Å². The summed E-state index contributed by atoms with van der Waals surface area (Å²) in [7, 11) is 1.71. The quantitative estimate of drug-likeness (QED) is 0.718. The Bertz CT molecular complexity index is 611. The Morgan fingerprint density at radius 3 is 2.43 bits per heavy atom. The molecule has 0 unspecified atom stereocenters. The van der Waals surface area contributed by atoms with Crippen molar-refractivity contribution < 1.29 is 4.74 Å². The Hall–Kier alpha value is -2.14. The van der Waals surface area contributed by atoms with E-state index in [2.05, 4.69) is 58.7 Å². The molecule has 0 aliphatic heterocycles. The summed E-state index contributed by atoms with van der Waals surface area (Å²) in [5.41, 5.74) is 2.35. The van der Waals surface area contributed by atoms with E-state index in [0.717, 1.165) is 42.7 Å². The number of nitrogens with one attached hydrogen (secondary N) is 2. The molecule has 0 atom stereocenters. The Morgan fingerprint density at radius 1 is 1.09 bits per heavy atom. The highest BCUT2D eigenvalue weighted by Crippen LogP contribution is 2.21. The molecule has 0 aliphatic carbocycles. The molecule has 0 spiro atoms. The topological polar surface area (TPSA) is 59.1 Å². The lowest BCUT2D eigenvalue weighted by molar-refractivity contribution is 0.198. The molecule has 0 fully saturated rings. The number of aryl methyl sites for hydroxylation is 1. The van der Waals surface area contributed by atoms with Crippen LogP contribution in [-0.2, 0) is 4.74 Å².